The van der Waals surface area contributed by atoms with Gasteiger partial charge in [0, 0.05) is 28.9 Å². The molecule has 8 nitrogen and oxygen atoms in total. The fourth-order valence-electron chi connectivity index (χ4n) is 2.79. The van der Waals surface area contributed by atoms with Crippen molar-refractivity contribution in [2.45, 2.75) is 6.92 Å². The van der Waals surface area contributed by atoms with E-state index in [0.29, 0.717) is 22.0 Å². The zero-order valence-corrected chi connectivity index (χ0v) is 17.3. The standard InChI is InChI=1S/C22H16ClN3O5/c1-13-3-4-15(23)10-19(13)25-22(27)14(12-24)9-17-6-8-21(31-17)18-11-16(26(28)29)5-7-20(18)30-2/h3-11H,1-2H3,(H,25,27)/b14-9-. The Balaban J connectivity index is 1.90. The first-order chi connectivity index (χ1) is 14.8. The monoisotopic (exact) mass is 437 g/mol. The van der Waals surface area contributed by atoms with Gasteiger partial charge in [0.05, 0.1) is 17.6 Å². The van der Waals surface area contributed by atoms with Gasteiger partial charge in [-0.1, -0.05) is 17.7 Å². The van der Waals surface area contributed by atoms with Crippen molar-refractivity contribution < 1.29 is 18.9 Å². The second kappa shape index (κ2) is 9.15. The maximum absolute atomic E-state index is 12.5. The number of non-ortho nitro benzene ring substituents is 1. The molecule has 0 spiro atoms. The molecule has 0 saturated heterocycles. The Bertz CT molecular complexity index is 1240. The number of carbonyl (C=O) groups is 1. The molecule has 0 atom stereocenters. The van der Waals surface area contributed by atoms with Gasteiger partial charge in [-0.25, -0.2) is 0 Å². The van der Waals surface area contributed by atoms with Gasteiger partial charge in [-0.15, -0.1) is 0 Å². The summed E-state index contributed by atoms with van der Waals surface area (Å²) in [6.07, 6.45) is 1.28. The van der Waals surface area contributed by atoms with Crippen LogP contribution in [0.5, 0.6) is 5.75 Å². The Morgan fingerprint density at radius 1 is 1.26 bits per heavy atom. The molecule has 0 aliphatic rings. The third kappa shape index (κ3) is 4.91. The molecular formula is C22H16ClN3O5. The van der Waals surface area contributed by atoms with E-state index in [1.54, 1.807) is 37.3 Å². The van der Waals surface area contributed by atoms with Gasteiger partial charge in [-0.05, 0) is 42.8 Å². The number of halogens is 1. The Morgan fingerprint density at radius 2 is 2.03 bits per heavy atom. The van der Waals surface area contributed by atoms with Gasteiger partial charge in [0.2, 0.25) is 0 Å². The molecule has 0 bridgehead atoms. The number of aryl methyl sites for hydroxylation is 1. The summed E-state index contributed by atoms with van der Waals surface area (Å²) in [5, 5.41) is 23.6. The number of furan rings is 1. The summed E-state index contributed by atoms with van der Waals surface area (Å²) < 4.78 is 10.9. The molecule has 1 N–H and O–H groups in total. The van der Waals surface area contributed by atoms with Crippen LogP contribution in [0.2, 0.25) is 5.02 Å². The molecule has 0 aliphatic carbocycles. The van der Waals surface area contributed by atoms with Crippen molar-refractivity contribution in [1.82, 2.24) is 0 Å². The van der Waals surface area contributed by atoms with E-state index in [1.807, 2.05) is 6.07 Å². The van der Waals surface area contributed by atoms with Gasteiger partial charge < -0.3 is 14.5 Å². The summed E-state index contributed by atoms with van der Waals surface area (Å²) in [5.41, 5.74) is 1.33. The summed E-state index contributed by atoms with van der Waals surface area (Å²) in [7, 11) is 1.43. The number of carbonyl (C=O) groups excluding carboxylic acids is 1. The molecule has 1 amide bonds. The zero-order chi connectivity index (χ0) is 22.5. The minimum absolute atomic E-state index is 0.127. The molecule has 0 radical (unpaired) electrons. The molecule has 0 fully saturated rings. The van der Waals surface area contributed by atoms with Gasteiger partial charge in [0.25, 0.3) is 11.6 Å². The van der Waals surface area contributed by atoms with E-state index in [1.165, 1.54) is 31.4 Å². The normalized spacial score (nSPS) is 11.0. The fraction of sp³-hybridized carbons (Fsp3) is 0.0909. The van der Waals surface area contributed by atoms with Crippen LogP contribution in [-0.4, -0.2) is 17.9 Å². The molecule has 2 aromatic carbocycles. The predicted molar refractivity (Wildman–Crippen MR) is 116 cm³/mol. The van der Waals surface area contributed by atoms with Gasteiger partial charge in [-0.3, -0.25) is 14.9 Å². The Labute approximate surface area is 182 Å². The Kier molecular flexibility index (Phi) is 6.38. The highest BCUT2D eigenvalue weighted by Gasteiger charge is 2.17. The van der Waals surface area contributed by atoms with Crippen LogP contribution >= 0.6 is 11.6 Å². The number of nitrogens with zero attached hydrogens (tertiary/aromatic N) is 2. The van der Waals surface area contributed by atoms with Crippen molar-refractivity contribution in [3.05, 3.63) is 80.6 Å². The second-order valence-electron chi connectivity index (χ2n) is 6.43. The molecular weight excluding hydrogens is 422 g/mol. The predicted octanol–water partition coefficient (Wildman–Crippen LogP) is 5.37. The SMILES string of the molecule is COc1ccc([N+](=O)[O-])cc1-c1ccc(/C=C(/C#N)C(=O)Nc2cc(Cl)ccc2C)o1. The number of hydrogen-bond donors (Lipinski definition) is 1. The van der Waals surface area contributed by atoms with Crippen LogP contribution in [0.15, 0.2) is 58.5 Å². The molecule has 0 unspecified atom stereocenters. The number of ether oxygens (including phenoxy) is 1. The third-order valence-electron chi connectivity index (χ3n) is 4.39. The summed E-state index contributed by atoms with van der Waals surface area (Å²) in [5.74, 6) is 0.261. The minimum atomic E-state index is -0.626. The fourth-order valence-corrected chi connectivity index (χ4v) is 2.96. The number of nitrogens with one attached hydrogen (secondary N) is 1. The average Bonchev–Trinajstić information content (AvgIpc) is 3.22. The smallest absolute Gasteiger partial charge is 0.270 e. The number of benzene rings is 2. The summed E-state index contributed by atoms with van der Waals surface area (Å²) in [4.78, 5) is 23.1. The second-order valence-corrected chi connectivity index (χ2v) is 6.86. The highest BCUT2D eigenvalue weighted by atomic mass is 35.5. The number of nitro benzene ring substituents is 1. The van der Waals surface area contributed by atoms with E-state index in [9.17, 15) is 20.2 Å². The number of rotatable bonds is 6. The van der Waals surface area contributed by atoms with Gasteiger partial charge >= 0.3 is 0 Å². The number of methoxy groups -OCH3 is 1. The van der Waals surface area contributed by atoms with E-state index in [0.717, 1.165) is 5.56 Å². The lowest BCUT2D eigenvalue weighted by Crippen LogP contribution is -2.14. The van der Waals surface area contributed by atoms with Crippen molar-refractivity contribution in [3.63, 3.8) is 0 Å². The van der Waals surface area contributed by atoms with Crippen molar-refractivity contribution in [3.8, 4) is 23.1 Å². The van der Waals surface area contributed by atoms with Crippen LogP contribution in [-0.2, 0) is 4.79 Å². The van der Waals surface area contributed by atoms with Gasteiger partial charge in [0.15, 0.2) is 0 Å². The number of amides is 1. The first kappa shape index (κ1) is 21.6. The molecule has 3 aromatic rings. The molecule has 156 valence electrons. The maximum Gasteiger partial charge on any atom is 0.270 e. The van der Waals surface area contributed by atoms with Crippen molar-refractivity contribution in [1.29, 1.82) is 5.26 Å². The first-order valence-corrected chi connectivity index (χ1v) is 9.32. The minimum Gasteiger partial charge on any atom is -0.496 e. The van der Waals surface area contributed by atoms with Crippen LogP contribution in [0, 0.1) is 28.4 Å². The number of anilines is 1. The Hall–Kier alpha value is -4.09. The van der Waals surface area contributed by atoms with E-state index in [2.05, 4.69) is 5.32 Å². The van der Waals surface area contributed by atoms with Crippen molar-refractivity contribution >= 4 is 35.0 Å². The van der Waals surface area contributed by atoms with E-state index in [4.69, 9.17) is 20.8 Å². The molecule has 0 aliphatic heterocycles. The van der Waals surface area contributed by atoms with Crippen LogP contribution in [0.3, 0.4) is 0 Å². The Morgan fingerprint density at radius 3 is 2.71 bits per heavy atom. The van der Waals surface area contributed by atoms with Crippen molar-refractivity contribution in [2.75, 3.05) is 12.4 Å². The topological polar surface area (TPSA) is 118 Å². The molecule has 9 heteroatoms. The molecule has 31 heavy (non-hydrogen) atoms. The van der Waals surface area contributed by atoms with Gasteiger partial charge in [0.1, 0.15) is 28.9 Å². The van der Waals surface area contributed by atoms with Gasteiger partial charge in [-0.2, -0.15) is 5.26 Å². The lowest BCUT2D eigenvalue weighted by atomic mass is 10.1. The van der Waals surface area contributed by atoms with E-state index < -0.39 is 10.8 Å². The molecule has 0 saturated carbocycles. The average molecular weight is 438 g/mol. The lowest BCUT2D eigenvalue weighted by molar-refractivity contribution is -0.384. The van der Waals surface area contributed by atoms with Crippen LogP contribution in [0.25, 0.3) is 17.4 Å². The van der Waals surface area contributed by atoms with E-state index >= 15 is 0 Å². The molecule has 3 rings (SSSR count). The highest BCUT2D eigenvalue weighted by Crippen LogP contribution is 2.34. The van der Waals surface area contributed by atoms with Crippen molar-refractivity contribution in [2.24, 2.45) is 0 Å². The quantitative estimate of drug-likeness (QED) is 0.239. The summed E-state index contributed by atoms with van der Waals surface area (Å²) >= 11 is 5.96. The van der Waals surface area contributed by atoms with E-state index in [-0.39, 0.29) is 22.8 Å². The molecule has 1 aromatic heterocycles. The number of nitriles is 1. The summed E-state index contributed by atoms with van der Waals surface area (Å²) in [6, 6.07) is 14.1. The van der Waals surface area contributed by atoms with Crippen LogP contribution < -0.4 is 10.1 Å². The zero-order valence-electron chi connectivity index (χ0n) is 16.5. The largest absolute Gasteiger partial charge is 0.496 e. The number of nitro groups is 1. The number of hydrogen-bond acceptors (Lipinski definition) is 6. The van der Waals surface area contributed by atoms with Crippen LogP contribution in [0.1, 0.15) is 11.3 Å². The molecule has 1 heterocycles. The summed E-state index contributed by atoms with van der Waals surface area (Å²) in [6.45, 7) is 1.80. The highest BCUT2D eigenvalue weighted by molar-refractivity contribution is 6.31. The van der Waals surface area contributed by atoms with Crippen LogP contribution in [0.4, 0.5) is 11.4 Å². The third-order valence-corrected chi connectivity index (χ3v) is 4.62. The maximum atomic E-state index is 12.5. The lowest BCUT2D eigenvalue weighted by Gasteiger charge is -2.08. The first-order valence-electron chi connectivity index (χ1n) is 8.94.